The van der Waals surface area contributed by atoms with Gasteiger partial charge < -0.3 is 5.32 Å². The molecule has 11 heteroatoms. The van der Waals surface area contributed by atoms with Gasteiger partial charge in [0.25, 0.3) is 5.69 Å². The van der Waals surface area contributed by atoms with Crippen LogP contribution in [-0.4, -0.2) is 32.0 Å². The average Bonchev–Trinajstić information content (AvgIpc) is 2.56. The van der Waals surface area contributed by atoms with Crippen LogP contribution in [0.2, 0.25) is 5.02 Å². The first-order chi connectivity index (χ1) is 12.5. The summed E-state index contributed by atoms with van der Waals surface area (Å²) in [4.78, 5) is 22.7. The first-order valence-corrected chi connectivity index (χ1v) is 9.70. The summed E-state index contributed by atoms with van der Waals surface area (Å²) < 4.78 is 38.2. The molecular formula is C16H15ClFN3O5S. The number of hydrogen-bond donors (Lipinski definition) is 1. The van der Waals surface area contributed by atoms with Gasteiger partial charge in [0, 0.05) is 6.07 Å². The normalized spacial score (nSPS) is 11.1. The molecule has 0 aliphatic carbocycles. The number of nitrogens with zero attached hydrogens (tertiary/aromatic N) is 2. The van der Waals surface area contributed by atoms with E-state index in [9.17, 15) is 27.7 Å². The van der Waals surface area contributed by atoms with Gasteiger partial charge in [-0.25, -0.2) is 12.8 Å². The Kier molecular flexibility index (Phi) is 6.01. The van der Waals surface area contributed by atoms with Gasteiger partial charge in [-0.2, -0.15) is 0 Å². The number of sulfonamides is 1. The first kappa shape index (κ1) is 20.6. The zero-order valence-electron chi connectivity index (χ0n) is 14.3. The minimum Gasteiger partial charge on any atom is -0.324 e. The number of carbonyl (C=O) groups is 1. The molecule has 8 nitrogen and oxygen atoms in total. The van der Waals surface area contributed by atoms with Crippen molar-refractivity contribution in [1.29, 1.82) is 0 Å². The fraction of sp³-hybridized carbons (Fsp3) is 0.188. The van der Waals surface area contributed by atoms with E-state index < -0.39 is 33.2 Å². The van der Waals surface area contributed by atoms with Crippen LogP contribution in [0.25, 0.3) is 0 Å². The van der Waals surface area contributed by atoms with Crippen LogP contribution >= 0.6 is 11.6 Å². The van der Waals surface area contributed by atoms with Crippen LogP contribution in [0.3, 0.4) is 0 Å². The van der Waals surface area contributed by atoms with Crippen molar-refractivity contribution in [3.05, 3.63) is 62.9 Å². The molecule has 0 atom stereocenters. The summed E-state index contributed by atoms with van der Waals surface area (Å²) in [6.45, 7) is 0.838. The molecular weight excluding hydrogens is 401 g/mol. The van der Waals surface area contributed by atoms with E-state index in [1.54, 1.807) is 0 Å². The zero-order valence-corrected chi connectivity index (χ0v) is 15.8. The molecule has 0 aromatic heterocycles. The highest BCUT2D eigenvalue weighted by molar-refractivity contribution is 7.92. The second kappa shape index (κ2) is 7.89. The van der Waals surface area contributed by atoms with Gasteiger partial charge in [-0.05, 0) is 31.2 Å². The molecule has 0 heterocycles. The summed E-state index contributed by atoms with van der Waals surface area (Å²) in [5.41, 5.74) is 0.235. The third-order valence-corrected chi connectivity index (χ3v) is 5.08. The second-order valence-electron chi connectivity index (χ2n) is 5.62. The topological polar surface area (TPSA) is 110 Å². The highest BCUT2D eigenvalue weighted by Gasteiger charge is 2.23. The molecule has 0 fully saturated rings. The molecule has 0 spiro atoms. The van der Waals surface area contributed by atoms with E-state index in [-0.39, 0.29) is 27.6 Å². The largest absolute Gasteiger partial charge is 0.324 e. The number of nitro benzene ring substituents is 1. The molecule has 144 valence electrons. The molecule has 27 heavy (non-hydrogen) atoms. The van der Waals surface area contributed by atoms with E-state index in [0.29, 0.717) is 0 Å². The molecule has 0 bridgehead atoms. The number of carbonyl (C=O) groups excluding carboxylic acids is 1. The van der Waals surface area contributed by atoms with E-state index in [1.807, 2.05) is 0 Å². The minimum atomic E-state index is -3.88. The number of nitro groups is 1. The predicted molar refractivity (Wildman–Crippen MR) is 100 cm³/mol. The highest BCUT2D eigenvalue weighted by Crippen LogP contribution is 2.26. The third-order valence-electron chi connectivity index (χ3n) is 3.65. The molecule has 0 radical (unpaired) electrons. The Labute approximate surface area is 159 Å². The van der Waals surface area contributed by atoms with Crippen molar-refractivity contribution in [2.75, 3.05) is 22.4 Å². The molecule has 0 saturated carbocycles. The van der Waals surface area contributed by atoms with Gasteiger partial charge in [0.2, 0.25) is 15.9 Å². The molecule has 0 saturated heterocycles. The van der Waals surface area contributed by atoms with E-state index in [4.69, 9.17) is 11.6 Å². The van der Waals surface area contributed by atoms with Gasteiger partial charge in [-0.15, -0.1) is 0 Å². The van der Waals surface area contributed by atoms with Gasteiger partial charge in [0.05, 0.1) is 33.1 Å². The van der Waals surface area contributed by atoms with Gasteiger partial charge in [-0.1, -0.05) is 17.7 Å². The fourth-order valence-electron chi connectivity index (χ4n) is 2.32. The van der Waals surface area contributed by atoms with E-state index in [1.165, 1.54) is 31.2 Å². The molecule has 2 rings (SSSR count). The number of amides is 1. The maximum atomic E-state index is 13.3. The average molecular weight is 416 g/mol. The zero-order chi connectivity index (χ0) is 20.4. The fourth-order valence-corrected chi connectivity index (χ4v) is 3.34. The molecule has 0 aliphatic rings. The lowest BCUT2D eigenvalue weighted by atomic mass is 10.1. The Morgan fingerprint density at radius 3 is 2.56 bits per heavy atom. The standard InChI is InChI=1S/C16H15ClFN3O5S/c1-10-14(4-3-5-15(10)21(23)24)19-16(22)9-20(27(2,25)26)11-6-7-13(18)12(17)8-11/h3-8H,9H2,1-2H3,(H,19,22). The van der Waals surface area contributed by atoms with Crippen molar-refractivity contribution in [2.45, 2.75) is 6.92 Å². The lowest BCUT2D eigenvalue weighted by Crippen LogP contribution is -2.37. The van der Waals surface area contributed by atoms with Crippen molar-refractivity contribution >= 4 is 44.6 Å². The van der Waals surface area contributed by atoms with Crippen LogP contribution in [0.1, 0.15) is 5.56 Å². The summed E-state index contributed by atoms with van der Waals surface area (Å²) in [5, 5.41) is 13.1. The quantitative estimate of drug-likeness (QED) is 0.575. The van der Waals surface area contributed by atoms with E-state index in [0.717, 1.165) is 22.7 Å². The smallest absolute Gasteiger partial charge is 0.274 e. The molecule has 1 amide bonds. The SMILES string of the molecule is Cc1c(NC(=O)CN(c2ccc(F)c(Cl)c2)S(C)(=O)=O)cccc1[N+](=O)[O-]. The monoisotopic (exact) mass is 415 g/mol. The Hall–Kier alpha value is -2.72. The third kappa shape index (κ3) is 4.92. The van der Waals surface area contributed by atoms with Crippen LogP contribution in [0.5, 0.6) is 0 Å². The summed E-state index contributed by atoms with van der Waals surface area (Å²) in [6, 6.07) is 7.39. The maximum Gasteiger partial charge on any atom is 0.274 e. The number of halogens is 2. The highest BCUT2D eigenvalue weighted by atomic mass is 35.5. The summed E-state index contributed by atoms with van der Waals surface area (Å²) in [6.07, 6.45) is 0.885. The van der Waals surface area contributed by atoms with Gasteiger partial charge in [-0.3, -0.25) is 19.2 Å². The number of rotatable bonds is 6. The Morgan fingerprint density at radius 1 is 1.33 bits per heavy atom. The number of hydrogen-bond acceptors (Lipinski definition) is 5. The summed E-state index contributed by atoms with van der Waals surface area (Å²) in [5.74, 6) is -1.46. The van der Waals surface area contributed by atoms with Crippen LogP contribution in [-0.2, 0) is 14.8 Å². The van der Waals surface area contributed by atoms with Crippen LogP contribution in [0.15, 0.2) is 36.4 Å². The molecule has 0 unspecified atom stereocenters. The second-order valence-corrected chi connectivity index (χ2v) is 7.94. The maximum absolute atomic E-state index is 13.3. The summed E-state index contributed by atoms with van der Waals surface area (Å²) >= 11 is 5.68. The van der Waals surface area contributed by atoms with E-state index >= 15 is 0 Å². The Balaban J connectivity index is 2.29. The molecule has 0 aliphatic heterocycles. The van der Waals surface area contributed by atoms with Gasteiger partial charge in [0.15, 0.2) is 0 Å². The number of anilines is 2. The summed E-state index contributed by atoms with van der Waals surface area (Å²) in [7, 11) is -3.88. The lowest BCUT2D eigenvalue weighted by molar-refractivity contribution is -0.385. The van der Waals surface area contributed by atoms with Gasteiger partial charge in [0.1, 0.15) is 12.4 Å². The van der Waals surface area contributed by atoms with Crippen molar-refractivity contribution in [2.24, 2.45) is 0 Å². The van der Waals surface area contributed by atoms with Crippen molar-refractivity contribution in [3.8, 4) is 0 Å². The molecule has 2 aromatic carbocycles. The minimum absolute atomic E-state index is 0.00909. The van der Waals surface area contributed by atoms with Crippen molar-refractivity contribution in [3.63, 3.8) is 0 Å². The number of nitrogens with one attached hydrogen (secondary N) is 1. The lowest BCUT2D eigenvalue weighted by Gasteiger charge is -2.22. The van der Waals surface area contributed by atoms with Crippen LogP contribution < -0.4 is 9.62 Å². The Bertz CT molecular complexity index is 1010. The predicted octanol–water partition coefficient (Wildman–Crippen LogP) is 3.10. The number of benzene rings is 2. The van der Waals surface area contributed by atoms with E-state index in [2.05, 4.69) is 5.32 Å². The van der Waals surface area contributed by atoms with Crippen LogP contribution in [0, 0.1) is 22.9 Å². The van der Waals surface area contributed by atoms with Crippen molar-refractivity contribution < 1.29 is 22.5 Å². The Morgan fingerprint density at radius 2 is 2.00 bits per heavy atom. The van der Waals surface area contributed by atoms with Crippen LogP contribution in [0.4, 0.5) is 21.5 Å². The first-order valence-electron chi connectivity index (χ1n) is 7.47. The van der Waals surface area contributed by atoms with Crippen molar-refractivity contribution in [1.82, 2.24) is 0 Å². The molecule has 2 aromatic rings. The molecule has 1 N–H and O–H groups in total. The van der Waals surface area contributed by atoms with Gasteiger partial charge >= 0.3 is 0 Å².